The summed E-state index contributed by atoms with van der Waals surface area (Å²) in [6.45, 7) is 6.86. The maximum Gasteiger partial charge on any atom is 0.151 e. The quantitative estimate of drug-likeness (QED) is 0.729. The molecule has 138 valence electrons. The second-order valence-corrected chi connectivity index (χ2v) is 7.76. The van der Waals surface area contributed by atoms with Crippen LogP contribution in [0.5, 0.6) is 0 Å². The predicted octanol–water partition coefficient (Wildman–Crippen LogP) is 4.76. The van der Waals surface area contributed by atoms with Gasteiger partial charge >= 0.3 is 0 Å². The zero-order valence-corrected chi connectivity index (χ0v) is 15.7. The van der Waals surface area contributed by atoms with E-state index in [0.29, 0.717) is 0 Å². The van der Waals surface area contributed by atoms with Crippen molar-refractivity contribution in [3.63, 3.8) is 0 Å². The molecule has 0 spiro atoms. The van der Waals surface area contributed by atoms with E-state index in [4.69, 9.17) is 14.8 Å². The van der Waals surface area contributed by atoms with Crippen LogP contribution in [0.3, 0.4) is 0 Å². The molecule has 0 unspecified atom stereocenters. The fourth-order valence-corrected chi connectivity index (χ4v) is 4.44. The molecule has 2 heterocycles. The Balaban J connectivity index is 1.70. The molecule has 0 radical (unpaired) electrons. The topological polar surface area (TPSA) is 39.9 Å². The Morgan fingerprint density at radius 3 is 2.77 bits per heavy atom. The third-order valence-corrected chi connectivity index (χ3v) is 5.92. The van der Waals surface area contributed by atoms with Crippen LogP contribution in [0.2, 0.25) is 0 Å². The molecule has 0 amide bonds. The molecule has 1 aromatic heterocycles. The van der Waals surface area contributed by atoms with E-state index in [1.54, 1.807) is 0 Å². The predicted molar refractivity (Wildman–Crippen MR) is 104 cm³/mol. The largest absolute Gasteiger partial charge is 0.373 e. The lowest BCUT2D eigenvalue weighted by atomic mass is 9.87. The van der Waals surface area contributed by atoms with Gasteiger partial charge < -0.3 is 4.74 Å². The lowest BCUT2D eigenvalue weighted by Gasteiger charge is -2.19. The first kappa shape index (κ1) is 17.5. The molecule has 4 heteroatoms. The van der Waals surface area contributed by atoms with Crippen LogP contribution < -0.4 is 0 Å². The Morgan fingerprint density at radius 2 is 2.00 bits per heavy atom. The van der Waals surface area contributed by atoms with E-state index >= 15 is 0 Å². The van der Waals surface area contributed by atoms with Crippen LogP contribution in [0.1, 0.15) is 61.7 Å². The normalized spacial score (nSPS) is 24.0. The summed E-state index contributed by atoms with van der Waals surface area (Å²) in [7, 11) is 0. The Labute approximate surface area is 156 Å². The van der Waals surface area contributed by atoms with Crippen LogP contribution in [0, 0.1) is 12.8 Å². The number of nitrogens with zero attached hydrogens (tertiary/aromatic N) is 3. The van der Waals surface area contributed by atoms with Gasteiger partial charge in [-0.1, -0.05) is 56.4 Å². The molecule has 4 nitrogen and oxygen atoms in total. The second kappa shape index (κ2) is 7.75. The highest BCUT2D eigenvalue weighted by molar-refractivity contribution is 5.40. The van der Waals surface area contributed by atoms with Crippen LogP contribution in [-0.2, 0) is 11.2 Å². The number of ether oxygens (including phenoxy) is 1. The summed E-state index contributed by atoms with van der Waals surface area (Å²) in [5.41, 5.74) is 2.34. The smallest absolute Gasteiger partial charge is 0.151 e. The summed E-state index contributed by atoms with van der Waals surface area (Å²) in [6, 6.07) is 8.42. The molecular weight excluding hydrogens is 322 g/mol. The van der Waals surface area contributed by atoms with E-state index in [-0.39, 0.29) is 12.0 Å². The summed E-state index contributed by atoms with van der Waals surface area (Å²) in [5, 5.41) is 4.96. The van der Waals surface area contributed by atoms with Crippen molar-refractivity contribution < 1.29 is 4.74 Å². The lowest BCUT2D eigenvalue weighted by Crippen LogP contribution is -2.16. The molecule has 1 aromatic carbocycles. The number of benzene rings is 1. The van der Waals surface area contributed by atoms with Gasteiger partial charge in [-0.25, -0.2) is 9.67 Å². The highest BCUT2D eigenvalue weighted by atomic mass is 16.5. The maximum atomic E-state index is 5.85. The van der Waals surface area contributed by atoms with Gasteiger partial charge in [0.05, 0.1) is 17.7 Å². The number of aryl methyl sites for hydroxylation is 1. The zero-order valence-electron chi connectivity index (χ0n) is 15.7. The molecule has 2 aliphatic rings. The van der Waals surface area contributed by atoms with E-state index in [9.17, 15) is 0 Å². The molecule has 0 N–H and O–H groups in total. The van der Waals surface area contributed by atoms with Crippen LogP contribution in [-0.4, -0.2) is 27.5 Å². The van der Waals surface area contributed by atoms with Gasteiger partial charge in [-0.05, 0) is 30.9 Å². The van der Waals surface area contributed by atoms with Crippen molar-refractivity contribution in [1.82, 2.24) is 14.8 Å². The summed E-state index contributed by atoms with van der Waals surface area (Å²) in [4.78, 5) is 5.03. The van der Waals surface area contributed by atoms with Gasteiger partial charge in [-0.15, -0.1) is 6.58 Å². The SMILES string of the molecule is C=C[C@@H]1OCC[C@H]1c1nc(CC2CCCCC2)nn1-c1ccccc1C. The van der Waals surface area contributed by atoms with Crippen molar-refractivity contribution in [1.29, 1.82) is 0 Å². The van der Waals surface area contributed by atoms with Crippen molar-refractivity contribution in [2.45, 2.75) is 63.9 Å². The Bertz CT molecular complexity index is 760. The molecule has 26 heavy (non-hydrogen) atoms. The lowest BCUT2D eigenvalue weighted by molar-refractivity contribution is 0.138. The van der Waals surface area contributed by atoms with Gasteiger partial charge in [0, 0.05) is 13.0 Å². The summed E-state index contributed by atoms with van der Waals surface area (Å²) >= 11 is 0. The van der Waals surface area contributed by atoms with Gasteiger partial charge in [-0.2, -0.15) is 5.10 Å². The highest BCUT2D eigenvalue weighted by Gasteiger charge is 2.33. The van der Waals surface area contributed by atoms with Crippen molar-refractivity contribution in [3.8, 4) is 5.69 Å². The first-order chi connectivity index (χ1) is 12.8. The fourth-order valence-electron chi connectivity index (χ4n) is 4.44. The fraction of sp³-hybridized carbons (Fsp3) is 0.545. The molecule has 2 fully saturated rings. The molecule has 1 aliphatic heterocycles. The van der Waals surface area contributed by atoms with Crippen LogP contribution in [0.25, 0.3) is 5.69 Å². The summed E-state index contributed by atoms with van der Waals surface area (Å²) < 4.78 is 7.92. The first-order valence-electron chi connectivity index (χ1n) is 10.0. The zero-order chi connectivity index (χ0) is 17.9. The van der Waals surface area contributed by atoms with E-state index in [2.05, 4.69) is 42.4 Å². The number of rotatable bonds is 5. The van der Waals surface area contributed by atoms with Crippen LogP contribution >= 0.6 is 0 Å². The average molecular weight is 351 g/mol. The third kappa shape index (κ3) is 3.48. The monoisotopic (exact) mass is 351 g/mol. The molecule has 2 aromatic rings. The molecule has 1 saturated carbocycles. The number of hydrogen-bond donors (Lipinski definition) is 0. The van der Waals surface area contributed by atoms with Crippen molar-refractivity contribution in [2.24, 2.45) is 5.92 Å². The second-order valence-electron chi connectivity index (χ2n) is 7.76. The summed E-state index contributed by atoms with van der Waals surface area (Å²) in [6.07, 6.45) is 10.6. The number of para-hydroxylation sites is 1. The summed E-state index contributed by atoms with van der Waals surface area (Å²) in [5.74, 6) is 3.00. The minimum absolute atomic E-state index is 0.0319. The van der Waals surface area contributed by atoms with Crippen LogP contribution in [0.15, 0.2) is 36.9 Å². The van der Waals surface area contributed by atoms with Gasteiger partial charge in [0.1, 0.15) is 5.82 Å². The van der Waals surface area contributed by atoms with Crippen molar-refractivity contribution in [2.75, 3.05) is 6.61 Å². The third-order valence-electron chi connectivity index (χ3n) is 5.92. The van der Waals surface area contributed by atoms with Crippen molar-refractivity contribution >= 4 is 0 Å². The Kier molecular flexibility index (Phi) is 5.21. The molecule has 1 saturated heterocycles. The molecule has 1 aliphatic carbocycles. The minimum Gasteiger partial charge on any atom is -0.373 e. The number of aromatic nitrogens is 3. The average Bonchev–Trinajstić information content (AvgIpc) is 3.29. The van der Waals surface area contributed by atoms with E-state index in [1.165, 1.54) is 37.7 Å². The van der Waals surface area contributed by atoms with E-state index in [0.717, 1.165) is 42.7 Å². The number of hydrogen-bond acceptors (Lipinski definition) is 3. The van der Waals surface area contributed by atoms with E-state index in [1.807, 2.05) is 6.08 Å². The molecule has 4 rings (SSSR count). The minimum atomic E-state index is 0.0319. The molecule has 2 atom stereocenters. The molecular formula is C22H29N3O. The Hall–Kier alpha value is -1.94. The van der Waals surface area contributed by atoms with Crippen molar-refractivity contribution in [3.05, 3.63) is 54.1 Å². The van der Waals surface area contributed by atoms with E-state index < -0.39 is 0 Å². The van der Waals surface area contributed by atoms with Gasteiger partial charge in [0.25, 0.3) is 0 Å². The standard InChI is InChI=1S/C22H29N3O/c1-3-20-18(13-14-26-20)22-23-21(15-17-10-5-4-6-11-17)24-25(22)19-12-8-7-9-16(19)2/h3,7-9,12,17-18,20H,1,4-6,10-11,13-15H2,2H3/t18-,20+/m1/s1. The van der Waals surface area contributed by atoms with Crippen LogP contribution in [0.4, 0.5) is 0 Å². The maximum absolute atomic E-state index is 5.85. The highest BCUT2D eigenvalue weighted by Crippen LogP contribution is 2.33. The first-order valence-corrected chi connectivity index (χ1v) is 10.0. The Morgan fingerprint density at radius 1 is 1.19 bits per heavy atom. The van der Waals surface area contributed by atoms with Gasteiger partial charge in [-0.3, -0.25) is 0 Å². The van der Waals surface area contributed by atoms with Gasteiger partial charge in [0.2, 0.25) is 0 Å². The van der Waals surface area contributed by atoms with Gasteiger partial charge in [0.15, 0.2) is 5.82 Å². The molecule has 0 bridgehead atoms.